The Bertz CT molecular complexity index is 320. The van der Waals surface area contributed by atoms with Crippen LogP contribution in [-0.4, -0.2) is 28.7 Å². The van der Waals surface area contributed by atoms with Crippen molar-refractivity contribution < 1.29 is 10.2 Å². The molecule has 0 aliphatic rings. The lowest BCUT2D eigenvalue weighted by Gasteiger charge is -2.07. The van der Waals surface area contributed by atoms with Gasteiger partial charge in [0.25, 0.3) is 0 Å². The van der Waals surface area contributed by atoms with Gasteiger partial charge in [-0.2, -0.15) is 11.8 Å². The highest BCUT2D eigenvalue weighted by Gasteiger charge is 2.04. The van der Waals surface area contributed by atoms with Crippen molar-refractivity contribution in [2.45, 2.75) is 11.9 Å². The van der Waals surface area contributed by atoms with Gasteiger partial charge in [0, 0.05) is 21.6 Å². The molecule has 1 atom stereocenters. The molecule has 2 N–H and O–H groups in total. The molecule has 1 aromatic carbocycles. The maximum absolute atomic E-state index is 9.12. The fourth-order valence-corrected chi connectivity index (χ4v) is 2.52. The van der Waals surface area contributed by atoms with Crippen LogP contribution in [0.5, 0.6) is 0 Å². The van der Waals surface area contributed by atoms with E-state index in [0.717, 1.165) is 5.56 Å². The molecule has 0 spiro atoms. The number of rotatable bonds is 5. The Morgan fingerprint density at radius 1 is 1.33 bits per heavy atom. The van der Waals surface area contributed by atoms with E-state index in [1.807, 2.05) is 6.07 Å². The van der Waals surface area contributed by atoms with Gasteiger partial charge in [-0.1, -0.05) is 29.3 Å². The van der Waals surface area contributed by atoms with Gasteiger partial charge >= 0.3 is 0 Å². The molecule has 0 saturated heterocycles. The van der Waals surface area contributed by atoms with Gasteiger partial charge in [0.1, 0.15) is 0 Å². The summed E-state index contributed by atoms with van der Waals surface area (Å²) in [4.78, 5) is 0. The molecule has 0 amide bonds. The van der Waals surface area contributed by atoms with Crippen molar-refractivity contribution in [3.05, 3.63) is 33.8 Å². The summed E-state index contributed by atoms with van der Waals surface area (Å²) >= 11 is 13.3. The Morgan fingerprint density at radius 2 is 2.07 bits per heavy atom. The van der Waals surface area contributed by atoms with Crippen LogP contribution in [-0.2, 0) is 5.75 Å². The van der Waals surface area contributed by atoms with E-state index in [0.29, 0.717) is 21.6 Å². The summed E-state index contributed by atoms with van der Waals surface area (Å²) in [6.07, 6.45) is -0.666. The minimum absolute atomic E-state index is 0.207. The second-order valence-electron chi connectivity index (χ2n) is 3.09. The number of thioether (sulfide) groups is 1. The zero-order valence-corrected chi connectivity index (χ0v) is 10.3. The largest absolute Gasteiger partial charge is 0.394 e. The molecule has 2 nitrogen and oxygen atoms in total. The van der Waals surface area contributed by atoms with Gasteiger partial charge in [0.15, 0.2) is 0 Å². The average molecular weight is 267 g/mol. The van der Waals surface area contributed by atoms with Crippen molar-refractivity contribution in [1.82, 2.24) is 0 Å². The standard InChI is InChI=1S/C10H12Cl2O2S/c11-8-2-1-7(10(12)3-8)5-15-6-9(14)4-13/h1-3,9,13-14H,4-6H2/t9-/m1/s1. The number of aliphatic hydroxyl groups is 2. The molecule has 0 aliphatic carbocycles. The highest BCUT2D eigenvalue weighted by molar-refractivity contribution is 7.98. The minimum atomic E-state index is -0.666. The van der Waals surface area contributed by atoms with Crippen LogP contribution in [0.25, 0.3) is 0 Å². The number of aliphatic hydroxyl groups excluding tert-OH is 2. The van der Waals surface area contributed by atoms with Gasteiger partial charge in [-0.15, -0.1) is 0 Å². The Kier molecular flexibility index (Phi) is 5.79. The molecule has 0 aromatic heterocycles. The Labute approximate surface area is 103 Å². The van der Waals surface area contributed by atoms with E-state index >= 15 is 0 Å². The fourth-order valence-electron chi connectivity index (χ4n) is 0.996. The van der Waals surface area contributed by atoms with Crippen LogP contribution >= 0.6 is 35.0 Å². The maximum Gasteiger partial charge on any atom is 0.0861 e. The molecular formula is C10H12Cl2O2S. The predicted octanol–water partition coefficient (Wildman–Crippen LogP) is 2.58. The molecule has 0 radical (unpaired) electrons. The van der Waals surface area contributed by atoms with Crippen LogP contribution in [0, 0.1) is 0 Å². The van der Waals surface area contributed by atoms with E-state index < -0.39 is 6.10 Å². The van der Waals surface area contributed by atoms with E-state index in [1.165, 1.54) is 11.8 Å². The highest BCUT2D eigenvalue weighted by Crippen LogP contribution is 2.24. The quantitative estimate of drug-likeness (QED) is 0.861. The molecule has 0 unspecified atom stereocenters. The smallest absolute Gasteiger partial charge is 0.0861 e. The molecule has 5 heteroatoms. The maximum atomic E-state index is 9.12. The van der Waals surface area contributed by atoms with Crippen molar-refractivity contribution in [2.24, 2.45) is 0 Å². The van der Waals surface area contributed by atoms with Gasteiger partial charge in [-0.05, 0) is 17.7 Å². The topological polar surface area (TPSA) is 40.5 Å². The molecular weight excluding hydrogens is 255 g/mol. The Balaban J connectivity index is 2.44. The van der Waals surface area contributed by atoms with Gasteiger partial charge < -0.3 is 10.2 Å². The van der Waals surface area contributed by atoms with Crippen molar-refractivity contribution in [3.63, 3.8) is 0 Å². The third-order valence-electron chi connectivity index (χ3n) is 1.79. The fraction of sp³-hybridized carbons (Fsp3) is 0.400. The number of hydrogen-bond acceptors (Lipinski definition) is 3. The van der Waals surface area contributed by atoms with Gasteiger partial charge in [-0.3, -0.25) is 0 Å². The number of benzene rings is 1. The monoisotopic (exact) mass is 266 g/mol. The lowest BCUT2D eigenvalue weighted by atomic mass is 10.2. The van der Waals surface area contributed by atoms with Gasteiger partial charge in [-0.25, -0.2) is 0 Å². The van der Waals surface area contributed by atoms with Crippen molar-refractivity contribution in [1.29, 1.82) is 0 Å². The van der Waals surface area contributed by atoms with E-state index in [4.69, 9.17) is 33.4 Å². The van der Waals surface area contributed by atoms with Crippen LogP contribution in [0.1, 0.15) is 5.56 Å². The second kappa shape index (κ2) is 6.61. The first-order chi connectivity index (χ1) is 7.13. The van der Waals surface area contributed by atoms with E-state index in [9.17, 15) is 0 Å². The summed E-state index contributed by atoms with van der Waals surface area (Å²) in [6, 6.07) is 5.34. The van der Waals surface area contributed by atoms with Gasteiger partial charge in [0.05, 0.1) is 12.7 Å². The molecule has 0 bridgehead atoms. The summed E-state index contributed by atoms with van der Waals surface area (Å²) in [7, 11) is 0. The summed E-state index contributed by atoms with van der Waals surface area (Å²) in [6.45, 7) is -0.207. The van der Waals surface area contributed by atoms with Crippen LogP contribution in [0.4, 0.5) is 0 Å². The number of halogens is 2. The lowest BCUT2D eigenvalue weighted by Crippen LogP contribution is -2.14. The van der Waals surface area contributed by atoms with Crippen LogP contribution < -0.4 is 0 Å². The zero-order chi connectivity index (χ0) is 11.3. The van der Waals surface area contributed by atoms with Crippen LogP contribution in [0.3, 0.4) is 0 Å². The van der Waals surface area contributed by atoms with E-state index in [-0.39, 0.29) is 6.61 Å². The zero-order valence-electron chi connectivity index (χ0n) is 7.99. The molecule has 0 heterocycles. The predicted molar refractivity (Wildman–Crippen MR) is 65.7 cm³/mol. The highest BCUT2D eigenvalue weighted by atomic mass is 35.5. The average Bonchev–Trinajstić information content (AvgIpc) is 2.21. The Morgan fingerprint density at radius 3 is 2.67 bits per heavy atom. The molecule has 0 aliphatic heterocycles. The molecule has 1 aromatic rings. The number of hydrogen-bond donors (Lipinski definition) is 2. The van der Waals surface area contributed by atoms with Crippen LogP contribution in [0.15, 0.2) is 18.2 Å². The first-order valence-electron chi connectivity index (χ1n) is 4.44. The molecule has 1 rings (SSSR count). The van der Waals surface area contributed by atoms with Crippen molar-refractivity contribution in [2.75, 3.05) is 12.4 Å². The normalized spacial score (nSPS) is 12.8. The van der Waals surface area contributed by atoms with E-state index in [2.05, 4.69) is 0 Å². The summed E-state index contributed by atoms with van der Waals surface area (Å²) < 4.78 is 0. The molecule has 84 valence electrons. The molecule has 15 heavy (non-hydrogen) atoms. The minimum Gasteiger partial charge on any atom is -0.394 e. The van der Waals surface area contributed by atoms with Crippen LogP contribution in [0.2, 0.25) is 10.0 Å². The summed E-state index contributed by atoms with van der Waals surface area (Å²) in [5.74, 6) is 1.20. The molecule has 0 fully saturated rings. The SMILES string of the molecule is OC[C@@H](O)CSCc1ccc(Cl)cc1Cl. The van der Waals surface area contributed by atoms with Crippen molar-refractivity contribution in [3.8, 4) is 0 Å². The Hall–Kier alpha value is 0.0700. The van der Waals surface area contributed by atoms with Crippen molar-refractivity contribution >= 4 is 35.0 Å². The third-order valence-corrected chi connectivity index (χ3v) is 3.52. The second-order valence-corrected chi connectivity index (χ2v) is 4.96. The summed E-state index contributed by atoms with van der Waals surface area (Å²) in [5.41, 5.74) is 0.983. The lowest BCUT2D eigenvalue weighted by molar-refractivity contribution is 0.113. The third kappa shape index (κ3) is 4.62. The van der Waals surface area contributed by atoms with Gasteiger partial charge in [0.2, 0.25) is 0 Å². The summed E-state index contributed by atoms with van der Waals surface area (Å²) in [5, 5.41) is 19.0. The molecule has 0 saturated carbocycles. The first-order valence-corrected chi connectivity index (χ1v) is 6.35. The van der Waals surface area contributed by atoms with E-state index in [1.54, 1.807) is 12.1 Å². The first kappa shape index (κ1) is 13.1.